The van der Waals surface area contributed by atoms with Crippen molar-refractivity contribution in [2.24, 2.45) is 0 Å². The summed E-state index contributed by atoms with van der Waals surface area (Å²) in [6.07, 6.45) is 1.34. The van der Waals surface area contributed by atoms with E-state index in [1.165, 1.54) is 23.8 Å². The van der Waals surface area contributed by atoms with Crippen molar-refractivity contribution in [1.82, 2.24) is 10.0 Å². The van der Waals surface area contributed by atoms with Gasteiger partial charge in [0.15, 0.2) is 6.61 Å². The van der Waals surface area contributed by atoms with Crippen molar-refractivity contribution < 1.29 is 22.7 Å². The van der Waals surface area contributed by atoms with Gasteiger partial charge in [-0.05, 0) is 30.5 Å². The van der Waals surface area contributed by atoms with Gasteiger partial charge >= 0.3 is 5.97 Å². The average molecular weight is 473 g/mol. The van der Waals surface area contributed by atoms with E-state index in [4.69, 9.17) is 27.9 Å². The van der Waals surface area contributed by atoms with E-state index in [2.05, 4.69) is 10.0 Å². The lowest BCUT2D eigenvalue weighted by molar-refractivity contribution is -0.148. The Labute approximate surface area is 185 Å². The third-order valence-corrected chi connectivity index (χ3v) is 6.40. The largest absolute Gasteiger partial charge is 0.456 e. The van der Waals surface area contributed by atoms with E-state index in [9.17, 15) is 18.0 Å². The zero-order valence-corrected chi connectivity index (χ0v) is 18.4. The molecule has 0 saturated carbocycles. The van der Waals surface area contributed by atoms with Gasteiger partial charge in [-0.2, -0.15) is 0 Å². The molecule has 1 amide bonds. The van der Waals surface area contributed by atoms with Gasteiger partial charge in [-0.1, -0.05) is 59.6 Å². The number of aryl methyl sites for hydroxylation is 1. The lowest BCUT2D eigenvalue weighted by Crippen LogP contribution is -2.31. The van der Waals surface area contributed by atoms with E-state index in [0.29, 0.717) is 6.54 Å². The number of ether oxygens (including phenoxy) is 1. The van der Waals surface area contributed by atoms with Gasteiger partial charge in [0.05, 0.1) is 16.5 Å². The topological polar surface area (TPSA) is 102 Å². The molecule has 30 heavy (non-hydrogen) atoms. The predicted octanol–water partition coefficient (Wildman–Crippen LogP) is 2.95. The van der Waals surface area contributed by atoms with Gasteiger partial charge in [-0.15, -0.1) is 0 Å². The van der Waals surface area contributed by atoms with E-state index in [0.717, 1.165) is 12.8 Å². The minimum Gasteiger partial charge on any atom is -0.456 e. The van der Waals surface area contributed by atoms with Crippen LogP contribution < -0.4 is 10.0 Å². The molecule has 2 aromatic carbocycles. The van der Waals surface area contributed by atoms with Crippen LogP contribution in [0.3, 0.4) is 0 Å². The van der Waals surface area contributed by atoms with Crippen molar-refractivity contribution in [1.29, 1.82) is 0 Å². The normalized spacial score (nSPS) is 11.1. The van der Waals surface area contributed by atoms with Gasteiger partial charge in [-0.3, -0.25) is 9.59 Å². The summed E-state index contributed by atoms with van der Waals surface area (Å²) in [5, 5.41) is 2.61. The molecule has 162 valence electrons. The second-order valence-electron chi connectivity index (χ2n) is 6.30. The smallest absolute Gasteiger partial charge is 0.307 e. The van der Waals surface area contributed by atoms with Crippen LogP contribution in [-0.4, -0.2) is 40.0 Å². The number of sulfonamides is 1. The first-order valence-corrected chi connectivity index (χ1v) is 11.4. The number of amides is 1. The average Bonchev–Trinajstić information content (AvgIpc) is 2.70. The molecule has 10 heteroatoms. The predicted molar refractivity (Wildman–Crippen MR) is 115 cm³/mol. The molecule has 0 radical (unpaired) electrons. The Kier molecular flexibility index (Phi) is 9.58. The maximum atomic E-state index is 12.3. The Bertz CT molecular complexity index is 948. The van der Waals surface area contributed by atoms with Crippen molar-refractivity contribution >= 4 is 45.1 Å². The van der Waals surface area contributed by atoms with Crippen LogP contribution in [0.4, 0.5) is 0 Å². The number of carbonyl (C=O) groups excluding carboxylic acids is 2. The molecule has 0 heterocycles. The highest BCUT2D eigenvalue weighted by Crippen LogP contribution is 2.28. The molecule has 0 spiro atoms. The van der Waals surface area contributed by atoms with E-state index in [1.54, 1.807) is 0 Å². The van der Waals surface area contributed by atoms with Gasteiger partial charge in [0.25, 0.3) is 5.91 Å². The molecule has 0 aromatic heterocycles. The summed E-state index contributed by atoms with van der Waals surface area (Å²) in [5.74, 6) is -1.12. The van der Waals surface area contributed by atoms with Crippen LogP contribution >= 0.6 is 23.2 Å². The first-order chi connectivity index (χ1) is 14.3. The number of esters is 1. The summed E-state index contributed by atoms with van der Waals surface area (Å²) in [5.41, 5.74) is 1.18. The monoisotopic (exact) mass is 472 g/mol. The number of hydrogen-bond donors (Lipinski definition) is 2. The molecule has 0 unspecified atom stereocenters. The summed E-state index contributed by atoms with van der Waals surface area (Å²) in [6, 6.07) is 14.2. The highest BCUT2D eigenvalue weighted by Gasteiger charge is 2.21. The highest BCUT2D eigenvalue weighted by atomic mass is 35.5. The second-order valence-corrected chi connectivity index (χ2v) is 8.82. The number of carbonyl (C=O) groups is 2. The Morgan fingerprint density at radius 2 is 1.60 bits per heavy atom. The van der Waals surface area contributed by atoms with Gasteiger partial charge in [0.1, 0.15) is 4.90 Å². The van der Waals surface area contributed by atoms with Gasteiger partial charge in [-0.25, -0.2) is 13.1 Å². The quantitative estimate of drug-likeness (QED) is 0.386. The summed E-state index contributed by atoms with van der Waals surface area (Å²) in [7, 11) is -3.99. The van der Waals surface area contributed by atoms with Crippen LogP contribution in [0.1, 0.15) is 18.4 Å². The molecule has 0 bridgehead atoms. The number of nitrogens with one attached hydrogen (secondary N) is 2. The molecule has 7 nitrogen and oxygen atoms in total. The third kappa shape index (κ3) is 7.95. The van der Waals surface area contributed by atoms with Crippen molar-refractivity contribution in [2.75, 3.05) is 19.7 Å². The lowest BCUT2D eigenvalue weighted by Gasteiger charge is -2.10. The first-order valence-electron chi connectivity index (χ1n) is 9.19. The molecule has 0 aliphatic carbocycles. The number of halogens is 2. The van der Waals surface area contributed by atoms with Crippen LogP contribution in [0.25, 0.3) is 0 Å². The van der Waals surface area contributed by atoms with Crippen LogP contribution in [0, 0.1) is 0 Å². The maximum absolute atomic E-state index is 12.3. The fourth-order valence-electron chi connectivity index (χ4n) is 2.53. The number of rotatable bonds is 11. The van der Waals surface area contributed by atoms with Crippen molar-refractivity contribution in [3.8, 4) is 0 Å². The Hall–Kier alpha value is -2.13. The fraction of sp³-hybridized carbons (Fsp3) is 0.300. The first kappa shape index (κ1) is 24.1. The molecular formula is C20H22Cl2N2O5S. The molecule has 0 aliphatic rings. The van der Waals surface area contributed by atoms with E-state index in [-0.39, 0.29) is 27.9 Å². The molecule has 0 fully saturated rings. The van der Waals surface area contributed by atoms with E-state index < -0.39 is 28.5 Å². The minimum atomic E-state index is -3.99. The van der Waals surface area contributed by atoms with Crippen LogP contribution in [0.15, 0.2) is 53.4 Å². The molecular weight excluding hydrogens is 451 g/mol. The Morgan fingerprint density at radius 3 is 2.27 bits per heavy atom. The van der Waals surface area contributed by atoms with Crippen molar-refractivity contribution in [2.45, 2.75) is 24.2 Å². The summed E-state index contributed by atoms with van der Waals surface area (Å²) < 4.78 is 31.6. The summed E-state index contributed by atoms with van der Waals surface area (Å²) in [6.45, 7) is -0.182. The minimum absolute atomic E-state index is 0.0264. The summed E-state index contributed by atoms with van der Waals surface area (Å²) >= 11 is 11.8. The Morgan fingerprint density at radius 1 is 0.933 bits per heavy atom. The standard InChI is InChI=1S/C20H22Cl2N2O5S/c21-16-9-4-10-17(22)20(16)30(27,28)24-13-11-19(26)29-14-18(25)23-12-5-8-15-6-2-1-3-7-15/h1-4,6-7,9-10,24H,5,8,11-14H2,(H,23,25). The fourth-order valence-corrected chi connectivity index (χ4v) is 4.70. The molecule has 0 atom stereocenters. The van der Waals surface area contributed by atoms with E-state index in [1.807, 2.05) is 30.3 Å². The van der Waals surface area contributed by atoms with E-state index >= 15 is 0 Å². The molecule has 2 aromatic rings. The summed E-state index contributed by atoms with van der Waals surface area (Å²) in [4.78, 5) is 23.2. The third-order valence-electron chi connectivity index (χ3n) is 3.98. The molecule has 2 rings (SSSR count). The Balaban J connectivity index is 1.64. The van der Waals surface area contributed by atoms with Gasteiger partial charge < -0.3 is 10.1 Å². The van der Waals surface area contributed by atoms with Crippen molar-refractivity contribution in [3.05, 3.63) is 64.1 Å². The number of benzene rings is 2. The lowest BCUT2D eigenvalue weighted by atomic mass is 10.1. The molecule has 0 aliphatic heterocycles. The van der Waals surface area contributed by atoms with Crippen molar-refractivity contribution in [3.63, 3.8) is 0 Å². The molecule has 2 N–H and O–H groups in total. The van der Waals surface area contributed by atoms with Crippen LogP contribution in [0.5, 0.6) is 0 Å². The second kappa shape index (κ2) is 11.9. The van der Waals surface area contributed by atoms with Gasteiger partial charge in [0, 0.05) is 13.1 Å². The zero-order chi connectivity index (χ0) is 22.0. The van der Waals surface area contributed by atoms with Crippen LogP contribution in [-0.2, 0) is 30.8 Å². The van der Waals surface area contributed by atoms with Crippen LogP contribution in [0.2, 0.25) is 10.0 Å². The highest BCUT2D eigenvalue weighted by molar-refractivity contribution is 7.89. The number of hydrogen-bond acceptors (Lipinski definition) is 5. The zero-order valence-electron chi connectivity index (χ0n) is 16.1. The maximum Gasteiger partial charge on any atom is 0.307 e. The van der Waals surface area contributed by atoms with Gasteiger partial charge in [0.2, 0.25) is 10.0 Å². The SMILES string of the molecule is O=C(COC(=O)CCNS(=O)(=O)c1c(Cl)cccc1Cl)NCCCc1ccccc1. The molecule has 0 saturated heterocycles.